The van der Waals surface area contributed by atoms with Crippen molar-refractivity contribution in [3.05, 3.63) is 65.7 Å². The highest BCUT2D eigenvalue weighted by molar-refractivity contribution is 5.92. The summed E-state index contributed by atoms with van der Waals surface area (Å²) in [6, 6.07) is 18.5. The summed E-state index contributed by atoms with van der Waals surface area (Å²) in [5.41, 5.74) is 3.39. The van der Waals surface area contributed by atoms with E-state index in [2.05, 4.69) is 45.4 Å². The van der Waals surface area contributed by atoms with Gasteiger partial charge in [-0.05, 0) is 49.7 Å². The highest BCUT2D eigenvalue weighted by Gasteiger charge is 2.17. The predicted octanol–water partition coefficient (Wildman–Crippen LogP) is 3.14. The van der Waals surface area contributed by atoms with Crippen molar-refractivity contribution >= 4 is 11.6 Å². The third kappa shape index (κ3) is 5.69. The number of hydrogen-bond acceptors (Lipinski definition) is 3. The molecule has 2 aromatic rings. The Kier molecular flexibility index (Phi) is 6.20. The van der Waals surface area contributed by atoms with Gasteiger partial charge in [-0.1, -0.05) is 42.5 Å². The molecule has 4 nitrogen and oxygen atoms in total. The highest BCUT2D eigenvalue weighted by Crippen LogP contribution is 2.11. The van der Waals surface area contributed by atoms with Crippen molar-refractivity contribution in [3.63, 3.8) is 0 Å². The topological polar surface area (TPSA) is 35.6 Å². The van der Waals surface area contributed by atoms with E-state index in [0.29, 0.717) is 6.54 Å². The molecule has 1 amide bonds. The van der Waals surface area contributed by atoms with Gasteiger partial charge in [0.15, 0.2) is 0 Å². The summed E-state index contributed by atoms with van der Waals surface area (Å²) in [6.45, 7) is 7.50. The van der Waals surface area contributed by atoms with Gasteiger partial charge in [0.25, 0.3) is 0 Å². The van der Waals surface area contributed by atoms with Gasteiger partial charge >= 0.3 is 0 Å². The predicted molar refractivity (Wildman–Crippen MR) is 103 cm³/mol. The average molecular weight is 337 g/mol. The molecule has 0 saturated carbocycles. The van der Waals surface area contributed by atoms with E-state index in [1.807, 2.05) is 31.2 Å². The van der Waals surface area contributed by atoms with Crippen LogP contribution in [0.25, 0.3) is 0 Å². The zero-order valence-corrected chi connectivity index (χ0v) is 14.9. The Labute approximate surface area is 150 Å². The van der Waals surface area contributed by atoms with Crippen molar-refractivity contribution in [1.29, 1.82) is 0 Å². The molecule has 3 rings (SSSR count). The SMILES string of the molecule is Cc1cccc(NC(=O)CN2CCCN(Cc3ccccc3)CC2)c1. The number of rotatable bonds is 5. The largest absolute Gasteiger partial charge is 0.325 e. The first-order chi connectivity index (χ1) is 12.2. The second-order valence-corrected chi connectivity index (χ2v) is 6.81. The van der Waals surface area contributed by atoms with E-state index in [0.717, 1.165) is 50.4 Å². The van der Waals surface area contributed by atoms with Crippen LogP contribution < -0.4 is 5.32 Å². The molecule has 0 spiro atoms. The number of carbonyl (C=O) groups excluding carboxylic acids is 1. The summed E-state index contributed by atoms with van der Waals surface area (Å²) >= 11 is 0. The smallest absolute Gasteiger partial charge is 0.238 e. The van der Waals surface area contributed by atoms with E-state index < -0.39 is 0 Å². The molecule has 0 unspecified atom stereocenters. The summed E-state index contributed by atoms with van der Waals surface area (Å²) in [7, 11) is 0. The standard InChI is InChI=1S/C21H27N3O/c1-18-7-5-10-20(15-18)22-21(25)17-24-12-6-11-23(13-14-24)16-19-8-3-2-4-9-19/h2-5,7-10,15H,6,11-14,16-17H2,1H3,(H,22,25). The Morgan fingerprint density at radius 2 is 1.72 bits per heavy atom. The second kappa shape index (κ2) is 8.79. The molecule has 1 heterocycles. The monoisotopic (exact) mass is 337 g/mol. The Hall–Kier alpha value is -2.17. The van der Waals surface area contributed by atoms with Gasteiger partial charge in [-0.3, -0.25) is 14.6 Å². The number of carbonyl (C=O) groups is 1. The lowest BCUT2D eigenvalue weighted by Gasteiger charge is -2.21. The van der Waals surface area contributed by atoms with Gasteiger partial charge < -0.3 is 5.32 Å². The molecule has 0 bridgehead atoms. The van der Waals surface area contributed by atoms with Gasteiger partial charge in [0.05, 0.1) is 6.54 Å². The minimum atomic E-state index is 0.0714. The van der Waals surface area contributed by atoms with Crippen molar-refractivity contribution in [2.75, 3.05) is 38.0 Å². The summed E-state index contributed by atoms with van der Waals surface area (Å²) in [5, 5.41) is 3.01. The second-order valence-electron chi connectivity index (χ2n) is 6.81. The third-order valence-corrected chi connectivity index (χ3v) is 4.60. The van der Waals surface area contributed by atoms with E-state index in [1.165, 1.54) is 5.56 Å². The fourth-order valence-corrected chi connectivity index (χ4v) is 3.31. The summed E-state index contributed by atoms with van der Waals surface area (Å²) in [5.74, 6) is 0.0714. The molecule has 4 heteroatoms. The van der Waals surface area contributed by atoms with Crippen molar-refractivity contribution in [2.45, 2.75) is 19.9 Å². The van der Waals surface area contributed by atoms with E-state index in [9.17, 15) is 4.79 Å². The van der Waals surface area contributed by atoms with Gasteiger partial charge in [-0.25, -0.2) is 0 Å². The van der Waals surface area contributed by atoms with Crippen LogP contribution in [-0.2, 0) is 11.3 Å². The maximum absolute atomic E-state index is 12.3. The van der Waals surface area contributed by atoms with Crippen LogP contribution in [0.2, 0.25) is 0 Å². The summed E-state index contributed by atoms with van der Waals surface area (Å²) in [4.78, 5) is 17.1. The maximum Gasteiger partial charge on any atom is 0.238 e. The normalized spacial score (nSPS) is 16.4. The van der Waals surface area contributed by atoms with Crippen LogP contribution in [0.4, 0.5) is 5.69 Å². The summed E-state index contributed by atoms with van der Waals surface area (Å²) in [6.07, 6.45) is 1.10. The number of benzene rings is 2. The molecule has 0 radical (unpaired) electrons. The van der Waals surface area contributed by atoms with Gasteiger partial charge in [0, 0.05) is 25.3 Å². The third-order valence-electron chi connectivity index (χ3n) is 4.60. The highest BCUT2D eigenvalue weighted by atomic mass is 16.2. The van der Waals surface area contributed by atoms with Crippen LogP contribution in [0.5, 0.6) is 0 Å². The Morgan fingerprint density at radius 1 is 0.960 bits per heavy atom. The lowest BCUT2D eigenvalue weighted by atomic mass is 10.2. The molecule has 1 N–H and O–H groups in total. The van der Waals surface area contributed by atoms with Gasteiger partial charge in [0.1, 0.15) is 0 Å². The lowest BCUT2D eigenvalue weighted by molar-refractivity contribution is -0.117. The van der Waals surface area contributed by atoms with E-state index >= 15 is 0 Å². The van der Waals surface area contributed by atoms with Crippen molar-refractivity contribution in [2.24, 2.45) is 0 Å². The Balaban J connectivity index is 1.47. The summed E-state index contributed by atoms with van der Waals surface area (Å²) < 4.78 is 0. The zero-order chi connectivity index (χ0) is 17.5. The van der Waals surface area contributed by atoms with Crippen LogP contribution >= 0.6 is 0 Å². The molecule has 25 heavy (non-hydrogen) atoms. The first-order valence-corrected chi connectivity index (χ1v) is 9.04. The van der Waals surface area contributed by atoms with Crippen LogP contribution in [0.1, 0.15) is 17.5 Å². The molecular formula is C21H27N3O. The minimum Gasteiger partial charge on any atom is -0.325 e. The molecule has 1 saturated heterocycles. The molecule has 1 aliphatic heterocycles. The average Bonchev–Trinajstić information content (AvgIpc) is 2.81. The van der Waals surface area contributed by atoms with E-state index in [-0.39, 0.29) is 5.91 Å². The number of amides is 1. The molecule has 2 aromatic carbocycles. The van der Waals surface area contributed by atoms with Gasteiger partial charge in [0.2, 0.25) is 5.91 Å². The van der Waals surface area contributed by atoms with Crippen molar-refractivity contribution in [1.82, 2.24) is 9.80 Å². The van der Waals surface area contributed by atoms with Crippen LogP contribution in [0, 0.1) is 6.92 Å². The molecule has 132 valence electrons. The number of hydrogen-bond donors (Lipinski definition) is 1. The first-order valence-electron chi connectivity index (χ1n) is 9.04. The number of aryl methyl sites for hydroxylation is 1. The molecule has 1 fully saturated rings. The lowest BCUT2D eigenvalue weighted by Crippen LogP contribution is -2.36. The van der Waals surface area contributed by atoms with Crippen molar-refractivity contribution < 1.29 is 4.79 Å². The molecule has 0 aliphatic carbocycles. The fraction of sp³-hybridized carbons (Fsp3) is 0.381. The minimum absolute atomic E-state index is 0.0714. The number of nitrogens with zero attached hydrogens (tertiary/aromatic N) is 2. The van der Waals surface area contributed by atoms with Gasteiger partial charge in [-0.2, -0.15) is 0 Å². The van der Waals surface area contributed by atoms with Crippen LogP contribution in [-0.4, -0.2) is 48.4 Å². The Morgan fingerprint density at radius 3 is 2.52 bits per heavy atom. The molecular weight excluding hydrogens is 310 g/mol. The van der Waals surface area contributed by atoms with E-state index in [1.54, 1.807) is 0 Å². The Bertz CT molecular complexity index is 687. The van der Waals surface area contributed by atoms with Crippen LogP contribution in [0.3, 0.4) is 0 Å². The number of nitrogens with one attached hydrogen (secondary N) is 1. The fourth-order valence-electron chi connectivity index (χ4n) is 3.31. The molecule has 0 aromatic heterocycles. The molecule has 0 atom stereocenters. The van der Waals surface area contributed by atoms with Gasteiger partial charge in [-0.15, -0.1) is 0 Å². The van der Waals surface area contributed by atoms with Crippen LogP contribution in [0.15, 0.2) is 54.6 Å². The first kappa shape index (κ1) is 17.6. The quantitative estimate of drug-likeness (QED) is 0.910. The maximum atomic E-state index is 12.3. The zero-order valence-electron chi connectivity index (χ0n) is 14.9. The van der Waals surface area contributed by atoms with E-state index in [4.69, 9.17) is 0 Å². The molecule has 1 aliphatic rings. The number of anilines is 1. The van der Waals surface area contributed by atoms with Crippen molar-refractivity contribution in [3.8, 4) is 0 Å².